The van der Waals surface area contributed by atoms with E-state index in [1.807, 2.05) is 38.1 Å². The number of hydrogen-bond acceptors (Lipinski definition) is 4. The molecule has 0 radical (unpaired) electrons. The molecule has 1 saturated heterocycles. The molecule has 1 aliphatic heterocycles. The third-order valence-electron chi connectivity index (χ3n) is 2.64. The van der Waals surface area contributed by atoms with Gasteiger partial charge in [-0.25, -0.2) is 0 Å². The molecule has 4 heteroatoms. The number of carbonyl (C=O) groups excluding carboxylic acids is 1. The molecule has 1 fully saturated rings. The van der Waals surface area contributed by atoms with Gasteiger partial charge in [0.1, 0.15) is 5.25 Å². The molecule has 2 rings (SSSR count). The summed E-state index contributed by atoms with van der Waals surface area (Å²) in [4.78, 5) is 12.6. The van der Waals surface area contributed by atoms with Crippen molar-refractivity contribution in [2.45, 2.75) is 24.0 Å². The highest BCUT2D eigenvalue weighted by Crippen LogP contribution is 2.40. The minimum Gasteiger partial charge on any atom is -0.464 e. The maximum absolute atomic E-state index is 11.6. The Morgan fingerprint density at radius 1 is 1.38 bits per heavy atom. The Balaban J connectivity index is 2.15. The van der Waals surface area contributed by atoms with Crippen LogP contribution >= 0.6 is 11.8 Å². The number of thioether (sulfide) groups is 1. The van der Waals surface area contributed by atoms with E-state index in [2.05, 4.69) is 0 Å². The smallest absolute Gasteiger partial charge is 0.320 e. The molecule has 0 aromatic heterocycles. The highest BCUT2D eigenvalue weighted by Gasteiger charge is 2.44. The highest BCUT2D eigenvalue weighted by molar-refractivity contribution is 8.00. The van der Waals surface area contributed by atoms with E-state index in [9.17, 15) is 4.79 Å². The Morgan fingerprint density at radius 2 is 2.00 bits per heavy atom. The Morgan fingerprint density at radius 3 is 2.50 bits per heavy atom. The maximum atomic E-state index is 11.6. The normalized spacial score (nSPS) is 23.1. The Hall–Kier alpha value is -1.16. The lowest BCUT2D eigenvalue weighted by Gasteiger charge is -2.20. The molecule has 16 heavy (non-hydrogen) atoms. The summed E-state index contributed by atoms with van der Waals surface area (Å²) in [5.41, 5.74) is 6.24. The van der Waals surface area contributed by atoms with E-state index < -0.39 is 0 Å². The molecular weight excluding hydrogens is 222 g/mol. The lowest BCUT2D eigenvalue weighted by atomic mass is 9.92. The van der Waals surface area contributed by atoms with Crippen molar-refractivity contribution in [1.82, 2.24) is 0 Å². The SMILES string of the molecule is CC1(C)COC(=O)C1Sc1ccc(N)cc1. The number of nitrogen functional groups attached to an aromatic ring is 1. The van der Waals surface area contributed by atoms with Gasteiger partial charge in [0.2, 0.25) is 0 Å². The van der Waals surface area contributed by atoms with Crippen LogP contribution in [0.4, 0.5) is 5.69 Å². The van der Waals surface area contributed by atoms with Gasteiger partial charge in [0, 0.05) is 16.0 Å². The van der Waals surface area contributed by atoms with Gasteiger partial charge in [0.15, 0.2) is 0 Å². The fourth-order valence-corrected chi connectivity index (χ4v) is 2.73. The average molecular weight is 237 g/mol. The second kappa shape index (κ2) is 4.01. The maximum Gasteiger partial charge on any atom is 0.320 e. The molecule has 1 atom stereocenters. The van der Waals surface area contributed by atoms with E-state index >= 15 is 0 Å². The van der Waals surface area contributed by atoms with Crippen molar-refractivity contribution >= 4 is 23.4 Å². The first-order valence-electron chi connectivity index (χ1n) is 5.18. The molecule has 0 amide bonds. The predicted octanol–water partition coefficient (Wildman–Crippen LogP) is 2.31. The number of hydrogen-bond donors (Lipinski definition) is 1. The average Bonchev–Trinajstić information content (AvgIpc) is 2.48. The highest BCUT2D eigenvalue weighted by atomic mass is 32.2. The summed E-state index contributed by atoms with van der Waals surface area (Å²) in [6.45, 7) is 4.60. The lowest BCUT2D eigenvalue weighted by Crippen LogP contribution is -2.26. The zero-order valence-corrected chi connectivity index (χ0v) is 10.2. The number of esters is 1. The number of carbonyl (C=O) groups is 1. The van der Waals surface area contributed by atoms with Crippen molar-refractivity contribution in [1.29, 1.82) is 0 Å². The van der Waals surface area contributed by atoms with E-state index in [4.69, 9.17) is 10.5 Å². The summed E-state index contributed by atoms with van der Waals surface area (Å²) in [5.74, 6) is -0.119. The van der Waals surface area contributed by atoms with Crippen LogP contribution in [0.25, 0.3) is 0 Å². The molecule has 2 N–H and O–H groups in total. The lowest BCUT2D eigenvalue weighted by molar-refractivity contribution is -0.137. The van der Waals surface area contributed by atoms with Crippen LogP contribution in [0.5, 0.6) is 0 Å². The number of benzene rings is 1. The van der Waals surface area contributed by atoms with Gasteiger partial charge in [-0.15, -0.1) is 11.8 Å². The molecule has 1 aromatic rings. The van der Waals surface area contributed by atoms with Gasteiger partial charge in [-0.1, -0.05) is 13.8 Å². The Labute approximate surface area is 99.4 Å². The minimum atomic E-state index is -0.129. The molecule has 0 bridgehead atoms. The molecule has 0 saturated carbocycles. The zero-order chi connectivity index (χ0) is 11.8. The van der Waals surface area contributed by atoms with Gasteiger partial charge < -0.3 is 10.5 Å². The summed E-state index contributed by atoms with van der Waals surface area (Å²) in [7, 11) is 0. The van der Waals surface area contributed by atoms with Crippen molar-refractivity contribution in [3.63, 3.8) is 0 Å². The standard InChI is InChI=1S/C12H15NO2S/c1-12(2)7-15-11(14)10(12)16-9-5-3-8(13)4-6-9/h3-6,10H,7,13H2,1-2H3. The molecular formula is C12H15NO2S. The summed E-state index contributed by atoms with van der Waals surface area (Å²) >= 11 is 1.54. The fourth-order valence-electron chi connectivity index (χ4n) is 1.62. The largest absolute Gasteiger partial charge is 0.464 e. The van der Waals surface area contributed by atoms with Gasteiger partial charge in [-0.3, -0.25) is 4.79 Å². The first-order chi connectivity index (χ1) is 7.49. The second-order valence-corrected chi connectivity index (χ2v) is 5.84. The summed E-state index contributed by atoms with van der Waals surface area (Å²) in [6.07, 6.45) is 0. The van der Waals surface area contributed by atoms with Crippen LogP contribution in [0, 0.1) is 5.41 Å². The fraction of sp³-hybridized carbons (Fsp3) is 0.417. The van der Waals surface area contributed by atoms with Crippen molar-refractivity contribution in [2.24, 2.45) is 5.41 Å². The van der Waals surface area contributed by atoms with Gasteiger partial charge in [-0.05, 0) is 24.3 Å². The Kier molecular flexibility index (Phi) is 2.84. The van der Waals surface area contributed by atoms with Gasteiger partial charge in [0.25, 0.3) is 0 Å². The summed E-state index contributed by atoms with van der Waals surface area (Å²) in [6, 6.07) is 7.55. The first kappa shape index (κ1) is 11.3. The van der Waals surface area contributed by atoms with Crippen molar-refractivity contribution < 1.29 is 9.53 Å². The van der Waals surface area contributed by atoms with Crippen LogP contribution in [0.2, 0.25) is 0 Å². The van der Waals surface area contributed by atoms with Crippen LogP contribution < -0.4 is 5.73 Å². The molecule has 0 spiro atoms. The number of rotatable bonds is 2. The molecule has 0 aliphatic carbocycles. The van der Waals surface area contributed by atoms with Crippen LogP contribution in [0.3, 0.4) is 0 Å². The number of anilines is 1. The molecule has 3 nitrogen and oxygen atoms in total. The quantitative estimate of drug-likeness (QED) is 0.633. The van der Waals surface area contributed by atoms with Crippen LogP contribution in [-0.2, 0) is 9.53 Å². The Bertz CT molecular complexity index is 400. The van der Waals surface area contributed by atoms with E-state index in [0.717, 1.165) is 10.6 Å². The van der Waals surface area contributed by atoms with E-state index in [1.54, 1.807) is 11.8 Å². The number of nitrogens with two attached hydrogens (primary N) is 1. The van der Waals surface area contributed by atoms with Crippen LogP contribution in [0.15, 0.2) is 29.2 Å². The third kappa shape index (κ3) is 2.16. The van der Waals surface area contributed by atoms with Crippen LogP contribution in [-0.4, -0.2) is 17.8 Å². The van der Waals surface area contributed by atoms with E-state index in [1.165, 1.54) is 0 Å². The predicted molar refractivity (Wildman–Crippen MR) is 65.2 cm³/mol. The molecule has 86 valence electrons. The zero-order valence-electron chi connectivity index (χ0n) is 9.40. The van der Waals surface area contributed by atoms with Gasteiger partial charge in [0.05, 0.1) is 6.61 Å². The minimum absolute atomic E-state index is 0.108. The van der Waals surface area contributed by atoms with Crippen LogP contribution in [0.1, 0.15) is 13.8 Å². The first-order valence-corrected chi connectivity index (χ1v) is 6.06. The monoisotopic (exact) mass is 237 g/mol. The third-order valence-corrected chi connectivity index (χ3v) is 4.25. The van der Waals surface area contributed by atoms with Crippen molar-refractivity contribution in [2.75, 3.05) is 12.3 Å². The van der Waals surface area contributed by atoms with Gasteiger partial charge >= 0.3 is 5.97 Å². The molecule has 1 aliphatic rings. The van der Waals surface area contributed by atoms with Crippen molar-refractivity contribution in [3.05, 3.63) is 24.3 Å². The van der Waals surface area contributed by atoms with E-state index in [-0.39, 0.29) is 16.6 Å². The second-order valence-electron chi connectivity index (χ2n) is 4.66. The molecule has 1 unspecified atom stereocenters. The number of ether oxygens (including phenoxy) is 1. The molecule has 1 heterocycles. The molecule has 1 aromatic carbocycles. The van der Waals surface area contributed by atoms with Gasteiger partial charge in [-0.2, -0.15) is 0 Å². The topological polar surface area (TPSA) is 52.3 Å². The summed E-state index contributed by atoms with van der Waals surface area (Å²) < 4.78 is 5.09. The van der Waals surface area contributed by atoms with E-state index in [0.29, 0.717) is 6.61 Å². The van der Waals surface area contributed by atoms with Crippen molar-refractivity contribution in [3.8, 4) is 0 Å². The number of cyclic esters (lactones) is 1. The summed E-state index contributed by atoms with van der Waals surface area (Å²) in [5, 5.41) is -0.129.